The first-order valence-corrected chi connectivity index (χ1v) is 10.7. The van der Waals surface area contributed by atoms with Crippen molar-refractivity contribution in [2.45, 2.75) is 44.5 Å². The Labute approximate surface area is 186 Å². The second kappa shape index (κ2) is 10.2. The number of benzene rings is 2. The summed E-state index contributed by atoms with van der Waals surface area (Å²) in [4.78, 5) is 12.5. The first kappa shape index (κ1) is 21.7. The lowest BCUT2D eigenvalue weighted by Gasteiger charge is -2.27. The number of aliphatic hydroxyl groups excluding tert-OH is 1. The Hall–Kier alpha value is -3.52. The molecule has 8 heteroatoms. The number of amides is 1. The van der Waals surface area contributed by atoms with Gasteiger partial charge in [0.05, 0.1) is 31.2 Å². The van der Waals surface area contributed by atoms with Gasteiger partial charge in [-0.15, -0.1) is 0 Å². The second-order valence-corrected chi connectivity index (χ2v) is 7.80. The first-order valence-electron chi connectivity index (χ1n) is 10.7. The van der Waals surface area contributed by atoms with Crippen LogP contribution >= 0.6 is 0 Å². The topological polar surface area (TPSA) is 106 Å². The number of carbonyl (C=O) groups is 1. The van der Waals surface area contributed by atoms with Gasteiger partial charge in [-0.25, -0.2) is 4.79 Å². The Bertz CT molecular complexity index is 1030. The highest BCUT2D eigenvalue weighted by molar-refractivity contribution is 5.87. The Morgan fingerprint density at radius 1 is 1.16 bits per heavy atom. The predicted molar refractivity (Wildman–Crippen MR) is 120 cm³/mol. The number of H-pyrrole nitrogens is 1. The average Bonchev–Trinajstić information content (AvgIpc) is 3.35. The van der Waals surface area contributed by atoms with Crippen molar-refractivity contribution in [1.29, 1.82) is 0 Å². The standard InChI is InChI=1S/C24H27N3O5/c1-30-21-4-2-3-16(11-21)15-31-24(29)27-22-10-5-17(18-13-25-26-14-18)12-23(22)32-20-8-6-19(28)7-9-20/h2-5,10-14,19-20,28H,6-9,15H2,1H3,(H,25,26)(H,27,29). The number of anilines is 1. The number of carbonyl (C=O) groups excluding carboxylic acids is 1. The van der Waals surface area contributed by atoms with Gasteiger partial charge in [-0.05, 0) is 61.1 Å². The Morgan fingerprint density at radius 3 is 2.75 bits per heavy atom. The van der Waals surface area contributed by atoms with E-state index in [0.29, 0.717) is 30.0 Å². The monoisotopic (exact) mass is 437 g/mol. The zero-order chi connectivity index (χ0) is 22.3. The normalized spacial score (nSPS) is 18.1. The fraction of sp³-hybridized carbons (Fsp3) is 0.333. The van der Waals surface area contributed by atoms with E-state index in [9.17, 15) is 9.90 Å². The van der Waals surface area contributed by atoms with Crippen LogP contribution in [0.15, 0.2) is 54.9 Å². The molecule has 2 aromatic carbocycles. The molecular weight excluding hydrogens is 410 g/mol. The number of hydrogen-bond acceptors (Lipinski definition) is 6. The van der Waals surface area contributed by atoms with Gasteiger partial charge in [0.15, 0.2) is 0 Å². The van der Waals surface area contributed by atoms with Crippen molar-refractivity contribution in [3.63, 3.8) is 0 Å². The van der Waals surface area contributed by atoms with Crippen LogP contribution in [0.4, 0.5) is 10.5 Å². The van der Waals surface area contributed by atoms with Gasteiger partial charge < -0.3 is 19.3 Å². The molecule has 4 rings (SSSR count). The van der Waals surface area contributed by atoms with Crippen molar-refractivity contribution >= 4 is 11.8 Å². The van der Waals surface area contributed by atoms with E-state index >= 15 is 0 Å². The van der Waals surface area contributed by atoms with Crippen LogP contribution in [0, 0.1) is 0 Å². The van der Waals surface area contributed by atoms with Gasteiger partial charge in [0.2, 0.25) is 0 Å². The molecule has 0 saturated heterocycles. The molecule has 0 unspecified atom stereocenters. The summed E-state index contributed by atoms with van der Waals surface area (Å²) in [5.41, 5.74) is 3.19. The van der Waals surface area contributed by atoms with Crippen molar-refractivity contribution in [3.8, 4) is 22.6 Å². The third kappa shape index (κ3) is 5.59. The van der Waals surface area contributed by atoms with Gasteiger partial charge in [-0.3, -0.25) is 10.4 Å². The summed E-state index contributed by atoms with van der Waals surface area (Å²) < 4.78 is 16.8. The molecule has 0 spiro atoms. The lowest BCUT2D eigenvalue weighted by molar-refractivity contribution is 0.0669. The van der Waals surface area contributed by atoms with Gasteiger partial charge >= 0.3 is 6.09 Å². The van der Waals surface area contributed by atoms with Crippen molar-refractivity contribution in [1.82, 2.24) is 10.2 Å². The number of nitrogens with zero attached hydrogens (tertiary/aromatic N) is 1. The molecule has 0 radical (unpaired) electrons. The van der Waals surface area contributed by atoms with E-state index in [-0.39, 0.29) is 18.8 Å². The van der Waals surface area contributed by atoms with E-state index in [2.05, 4.69) is 15.5 Å². The molecule has 1 saturated carbocycles. The number of methoxy groups -OCH3 is 1. The fourth-order valence-electron chi connectivity index (χ4n) is 3.71. The molecule has 0 atom stereocenters. The maximum Gasteiger partial charge on any atom is 0.412 e. The first-order chi connectivity index (χ1) is 15.6. The van der Waals surface area contributed by atoms with Gasteiger partial charge in [0, 0.05) is 11.8 Å². The number of nitrogens with one attached hydrogen (secondary N) is 2. The minimum absolute atomic E-state index is 0.0219. The number of aromatic nitrogens is 2. The summed E-state index contributed by atoms with van der Waals surface area (Å²) >= 11 is 0. The van der Waals surface area contributed by atoms with E-state index in [0.717, 1.165) is 29.5 Å². The minimum Gasteiger partial charge on any atom is -0.497 e. The van der Waals surface area contributed by atoms with Crippen LogP contribution in [0.1, 0.15) is 31.2 Å². The molecule has 32 heavy (non-hydrogen) atoms. The molecule has 1 fully saturated rings. The highest BCUT2D eigenvalue weighted by Gasteiger charge is 2.22. The zero-order valence-corrected chi connectivity index (χ0v) is 17.9. The van der Waals surface area contributed by atoms with E-state index in [1.165, 1.54) is 0 Å². The molecule has 0 bridgehead atoms. The van der Waals surface area contributed by atoms with Crippen molar-refractivity contribution in [2.24, 2.45) is 0 Å². The van der Waals surface area contributed by atoms with Crippen LogP contribution in [0.5, 0.6) is 11.5 Å². The highest BCUT2D eigenvalue weighted by Crippen LogP contribution is 2.34. The summed E-state index contributed by atoms with van der Waals surface area (Å²) in [5.74, 6) is 1.26. The lowest BCUT2D eigenvalue weighted by Crippen LogP contribution is -2.27. The highest BCUT2D eigenvalue weighted by atomic mass is 16.5. The molecule has 3 aromatic rings. The molecule has 0 aliphatic heterocycles. The van der Waals surface area contributed by atoms with Crippen LogP contribution in [-0.4, -0.2) is 40.7 Å². The second-order valence-electron chi connectivity index (χ2n) is 7.80. The zero-order valence-electron chi connectivity index (χ0n) is 17.9. The van der Waals surface area contributed by atoms with E-state index in [1.54, 1.807) is 25.6 Å². The molecule has 168 valence electrons. The van der Waals surface area contributed by atoms with E-state index < -0.39 is 6.09 Å². The van der Waals surface area contributed by atoms with Crippen LogP contribution in [-0.2, 0) is 11.3 Å². The number of hydrogen-bond donors (Lipinski definition) is 3. The van der Waals surface area contributed by atoms with Gasteiger partial charge in [-0.1, -0.05) is 18.2 Å². The van der Waals surface area contributed by atoms with Gasteiger partial charge in [-0.2, -0.15) is 5.10 Å². The molecule has 1 aliphatic carbocycles. The smallest absolute Gasteiger partial charge is 0.412 e. The Kier molecular flexibility index (Phi) is 6.91. The summed E-state index contributed by atoms with van der Waals surface area (Å²) in [6, 6.07) is 12.9. The number of ether oxygens (including phenoxy) is 3. The van der Waals surface area contributed by atoms with Crippen molar-refractivity contribution in [3.05, 3.63) is 60.4 Å². The molecule has 1 aliphatic rings. The summed E-state index contributed by atoms with van der Waals surface area (Å²) in [5, 5.41) is 19.4. The summed E-state index contributed by atoms with van der Waals surface area (Å²) in [6.45, 7) is 0.118. The van der Waals surface area contributed by atoms with Crippen molar-refractivity contribution in [2.75, 3.05) is 12.4 Å². The molecule has 1 amide bonds. The number of aromatic amines is 1. The maximum absolute atomic E-state index is 12.5. The quantitative estimate of drug-likeness (QED) is 0.502. The van der Waals surface area contributed by atoms with Gasteiger partial charge in [0.1, 0.15) is 18.1 Å². The van der Waals surface area contributed by atoms with Crippen LogP contribution in [0.2, 0.25) is 0 Å². The van der Waals surface area contributed by atoms with Crippen LogP contribution in [0.3, 0.4) is 0 Å². The van der Waals surface area contributed by atoms with E-state index in [4.69, 9.17) is 14.2 Å². The largest absolute Gasteiger partial charge is 0.497 e. The summed E-state index contributed by atoms with van der Waals surface area (Å²) in [6.07, 6.45) is 5.59. The van der Waals surface area contributed by atoms with Crippen molar-refractivity contribution < 1.29 is 24.1 Å². The van der Waals surface area contributed by atoms with E-state index in [1.807, 2.05) is 36.4 Å². The molecule has 3 N–H and O–H groups in total. The van der Waals surface area contributed by atoms with Crippen LogP contribution in [0.25, 0.3) is 11.1 Å². The molecule has 1 heterocycles. The number of aliphatic hydroxyl groups is 1. The number of rotatable bonds is 7. The van der Waals surface area contributed by atoms with Gasteiger partial charge in [0.25, 0.3) is 0 Å². The maximum atomic E-state index is 12.5. The predicted octanol–water partition coefficient (Wildman–Crippen LogP) is 4.52. The summed E-state index contributed by atoms with van der Waals surface area (Å²) in [7, 11) is 1.59. The minimum atomic E-state index is -0.576. The fourth-order valence-corrected chi connectivity index (χ4v) is 3.71. The lowest BCUT2D eigenvalue weighted by atomic mass is 9.95. The SMILES string of the molecule is COc1cccc(COC(=O)Nc2ccc(-c3cn[nH]c3)cc2OC2CCC(O)CC2)c1. The Morgan fingerprint density at radius 2 is 2.00 bits per heavy atom. The molecule has 8 nitrogen and oxygen atoms in total. The molecular formula is C24H27N3O5. The third-order valence-electron chi connectivity index (χ3n) is 5.49. The third-order valence-corrected chi connectivity index (χ3v) is 5.49. The molecule has 1 aromatic heterocycles. The Balaban J connectivity index is 1.46. The average molecular weight is 437 g/mol. The van der Waals surface area contributed by atoms with Crippen LogP contribution < -0.4 is 14.8 Å².